The highest BCUT2D eigenvalue weighted by Crippen LogP contribution is 2.10. The van der Waals surface area contributed by atoms with Gasteiger partial charge >= 0.3 is 0 Å². The minimum atomic E-state index is 0.0244. The zero-order chi connectivity index (χ0) is 12.5. The highest BCUT2D eigenvalue weighted by Gasteiger charge is 2.02. The number of aromatic nitrogens is 1. The van der Waals surface area contributed by atoms with Crippen LogP contribution in [-0.4, -0.2) is 10.9 Å². The van der Waals surface area contributed by atoms with Crippen LogP contribution in [0.5, 0.6) is 0 Å². The van der Waals surface area contributed by atoms with Crippen LogP contribution in [0, 0.1) is 0 Å². The molecule has 1 aromatic heterocycles. The molecule has 0 aromatic carbocycles. The maximum atomic E-state index is 11.5. The first kappa shape index (κ1) is 14.0. The summed E-state index contributed by atoms with van der Waals surface area (Å²) in [6.07, 6.45) is 7.84. The number of halogens is 1. The molecule has 0 aliphatic heterocycles. The van der Waals surface area contributed by atoms with Crippen molar-refractivity contribution < 1.29 is 4.79 Å². The van der Waals surface area contributed by atoms with E-state index in [9.17, 15) is 4.79 Å². The summed E-state index contributed by atoms with van der Waals surface area (Å²) in [6.45, 7) is 2.18. The number of nitrogens with one attached hydrogen (secondary N) is 1. The minimum Gasteiger partial charge on any atom is -0.311 e. The van der Waals surface area contributed by atoms with Crippen molar-refractivity contribution >= 4 is 23.3 Å². The molecule has 0 aliphatic carbocycles. The standard InChI is InChI=1S/C13H19ClN2O/c1-2-3-4-5-6-7-13(17)16-12-9-8-11(14)10-15-12/h8-10H,2-7H2,1H3,(H,15,16,17). The number of rotatable bonds is 7. The van der Waals surface area contributed by atoms with E-state index in [1.54, 1.807) is 12.1 Å². The molecule has 0 saturated heterocycles. The number of hydrogen-bond acceptors (Lipinski definition) is 2. The molecule has 0 atom stereocenters. The Morgan fingerprint density at radius 3 is 2.71 bits per heavy atom. The van der Waals surface area contributed by atoms with E-state index in [-0.39, 0.29) is 5.91 Å². The number of hydrogen-bond donors (Lipinski definition) is 1. The van der Waals surface area contributed by atoms with Crippen LogP contribution < -0.4 is 5.32 Å². The summed E-state index contributed by atoms with van der Waals surface area (Å²) in [7, 11) is 0. The number of amides is 1. The summed E-state index contributed by atoms with van der Waals surface area (Å²) >= 11 is 5.71. The summed E-state index contributed by atoms with van der Waals surface area (Å²) in [6, 6.07) is 3.42. The van der Waals surface area contributed by atoms with Crippen LogP contribution in [0.2, 0.25) is 5.02 Å². The third-order valence-electron chi connectivity index (χ3n) is 2.50. The summed E-state index contributed by atoms with van der Waals surface area (Å²) < 4.78 is 0. The van der Waals surface area contributed by atoms with Gasteiger partial charge in [0, 0.05) is 12.6 Å². The number of carbonyl (C=O) groups excluding carboxylic acids is 1. The van der Waals surface area contributed by atoms with Gasteiger partial charge in [-0.25, -0.2) is 4.98 Å². The maximum absolute atomic E-state index is 11.5. The fourth-order valence-corrected chi connectivity index (χ4v) is 1.66. The van der Waals surface area contributed by atoms with Crippen molar-refractivity contribution in [3.63, 3.8) is 0 Å². The first-order valence-corrected chi connectivity index (χ1v) is 6.51. The van der Waals surface area contributed by atoms with Gasteiger partial charge in [0.05, 0.1) is 5.02 Å². The van der Waals surface area contributed by atoms with E-state index in [1.165, 1.54) is 25.5 Å². The fraction of sp³-hybridized carbons (Fsp3) is 0.538. The van der Waals surface area contributed by atoms with Crippen LogP contribution in [0.1, 0.15) is 45.4 Å². The SMILES string of the molecule is CCCCCCCC(=O)Nc1ccc(Cl)cn1. The quantitative estimate of drug-likeness (QED) is 0.747. The topological polar surface area (TPSA) is 42.0 Å². The number of nitrogens with zero attached hydrogens (tertiary/aromatic N) is 1. The monoisotopic (exact) mass is 254 g/mol. The van der Waals surface area contributed by atoms with E-state index in [1.807, 2.05) is 0 Å². The Hall–Kier alpha value is -1.09. The van der Waals surface area contributed by atoms with Gasteiger partial charge in [-0.3, -0.25) is 4.79 Å². The molecule has 1 heterocycles. The van der Waals surface area contributed by atoms with Gasteiger partial charge in [0.2, 0.25) is 5.91 Å². The average Bonchev–Trinajstić information content (AvgIpc) is 2.32. The molecule has 0 radical (unpaired) electrons. The lowest BCUT2D eigenvalue weighted by molar-refractivity contribution is -0.116. The lowest BCUT2D eigenvalue weighted by atomic mass is 10.1. The summed E-state index contributed by atoms with van der Waals surface area (Å²) in [5.41, 5.74) is 0. The van der Waals surface area contributed by atoms with Crippen LogP contribution in [0.3, 0.4) is 0 Å². The maximum Gasteiger partial charge on any atom is 0.225 e. The van der Waals surface area contributed by atoms with Crippen molar-refractivity contribution in [2.75, 3.05) is 5.32 Å². The van der Waals surface area contributed by atoms with E-state index in [0.29, 0.717) is 17.3 Å². The van der Waals surface area contributed by atoms with Gasteiger partial charge in [-0.2, -0.15) is 0 Å². The lowest BCUT2D eigenvalue weighted by Crippen LogP contribution is -2.11. The van der Waals surface area contributed by atoms with Crippen LogP contribution >= 0.6 is 11.6 Å². The summed E-state index contributed by atoms with van der Waals surface area (Å²) in [5, 5.41) is 3.32. The Kier molecular flexibility index (Phi) is 6.63. The lowest BCUT2D eigenvalue weighted by Gasteiger charge is -2.04. The zero-order valence-electron chi connectivity index (χ0n) is 10.2. The Morgan fingerprint density at radius 2 is 2.06 bits per heavy atom. The van der Waals surface area contributed by atoms with Crippen molar-refractivity contribution in [1.29, 1.82) is 0 Å². The Labute approximate surface area is 108 Å². The molecule has 0 aliphatic rings. The van der Waals surface area contributed by atoms with Crippen molar-refractivity contribution in [2.45, 2.75) is 45.4 Å². The molecule has 1 amide bonds. The molecule has 0 saturated carbocycles. The Balaban J connectivity index is 2.18. The largest absolute Gasteiger partial charge is 0.311 e. The van der Waals surface area contributed by atoms with Crippen LogP contribution in [0.15, 0.2) is 18.3 Å². The van der Waals surface area contributed by atoms with E-state index in [0.717, 1.165) is 12.8 Å². The smallest absolute Gasteiger partial charge is 0.225 e. The zero-order valence-corrected chi connectivity index (χ0v) is 11.0. The molecule has 4 heteroatoms. The van der Waals surface area contributed by atoms with Crippen LogP contribution in [-0.2, 0) is 4.79 Å². The van der Waals surface area contributed by atoms with Gasteiger partial charge in [-0.15, -0.1) is 0 Å². The van der Waals surface area contributed by atoms with Crippen molar-refractivity contribution in [2.24, 2.45) is 0 Å². The number of unbranched alkanes of at least 4 members (excludes halogenated alkanes) is 4. The number of anilines is 1. The predicted octanol–water partition coefficient (Wildman–Crippen LogP) is 4.03. The average molecular weight is 255 g/mol. The molecule has 1 aromatic rings. The molecular formula is C13H19ClN2O. The van der Waals surface area contributed by atoms with Crippen molar-refractivity contribution in [3.8, 4) is 0 Å². The highest BCUT2D eigenvalue weighted by atomic mass is 35.5. The molecule has 0 fully saturated rings. The van der Waals surface area contributed by atoms with Crippen molar-refractivity contribution in [3.05, 3.63) is 23.4 Å². The second kappa shape index (κ2) is 8.07. The van der Waals surface area contributed by atoms with Crippen LogP contribution in [0.25, 0.3) is 0 Å². The van der Waals surface area contributed by atoms with Crippen LogP contribution in [0.4, 0.5) is 5.82 Å². The first-order valence-electron chi connectivity index (χ1n) is 6.13. The van der Waals surface area contributed by atoms with Gasteiger partial charge < -0.3 is 5.32 Å². The Morgan fingerprint density at radius 1 is 1.29 bits per heavy atom. The van der Waals surface area contributed by atoms with Gasteiger partial charge in [-0.1, -0.05) is 44.2 Å². The molecule has 17 heavy (non-hydrogen) atoms. The third-order valence-corrected chi connectivity index (χ3v) is 2.73. The minimum absolute atomic E-state index is 0.0244. The third kappa shape index (κ3) is 6.27. The molecule has 3 nitrogen and oxygen atoms in total. The van der Waals surface area contributed by atoms with Gasteiger partial charge in [0.1, 0.15) is 5.82 Å². The summed E-state index contributed by atoms with van der Waals surface area (Å²) in [4.78, 5) is 15.6. The van der Waals surface area contributed by atoms with E-state index >= 15 is 0 Å². The summed E-state index contributed by atoms with van der Waals surface area (Å²) in [5.74, 6) is 0.587. The molecule has 0 bridgehead atoms. The Bertz CT molecular complexity index is 338. The van der Waals surface area contributed by atoms with E-state index < -0.39 is 0 Å². The number of carbonyl (C=O) groups is 1. The second-order valence-corrected chi connectivity index (χ2v) is 4.51. The molecule has 1 N–H and O–H groups in total. The van der Waals surface area contributed by atoms with Gasteiger partial charge in [0.15, 0.2) is 0 Å². The number of pyridine rings is 1. The highest BCUT2D eigenvalue weighted by molar-refractivity contribution is 6.30. The molecule has 0 spiro atoms. The van der Waals surface area contributed by atoms with Crippen molar-refractivity contribution in [1.82, 2.24) is 4.98 Å². The fourth-order valence-electron chi connectivity index (χ4n) is 1.54. The molecular weight excluding hydrogens is 236 g/mol. The molecule has 0 unspecified atom stereocenters. The molecule has 94 valence electrons. The van der Waals surface area contributed by atoms with Gasteiger partial charge in [0.25, 0.3) is 0 Å². The predicted molar refractivity (Wildman–Crippen MR) is 71.3 cm³/mol. The van der Waals surface area contributed by atoms with Gasteiger partial charge in [-0.05, 0) is 18.6 Å². The normalized spacial score (nSPS) is 10.2. The second-order valence-electron chi connectivity index (χ2n) is 4.07. The first-order chi connectivity index (χ1) is 8.22. The van der Waals surface area contributed by atoms with E-state index in [2.05, 4.69) is 17.2 Å². The van der Waals surface area contributed by atoms with E-state index in [4.69, 9.17) is 11.6 Å². The molecule has 1 rings (SSSR count).